The summed E-state index contributed by atoms with van der Waals surface area (Å²) in [6, 6.07) is -0.780. The number of benzene rings is 1. The van der Waals surface area contributed by atoms with Gasteiger partial charge in [-0.25, -0.2) is 0 Å². The zero-order chi connectivity index (χ0) is 37.8. The minimum atomic E-state index is -1.60. The molecule has 0 bridgehead atoms. The van der Waals surface area contributed by atoms with E-state index in [4.69, 9.17) is 17.2 Å². The van der Waals surface area contributed by atoms with Crippen LogP contribution in [0, 0.1) is 5.92 Å². The number of nitrogens with two attached hydrogens (primary N) is 3. The molecule has 280 valence electrons. The lowest BCUT2D eigenvalue weighted by atomic mass is 10.0. The van der Waals surface area contributed by atoms with Crippen LogP contribution < -0.4 is 43.8 Å². The largest absolute Gasteiger partial charge is 0.508 e. The Bertz CT molecular complexity index is 1290. The average Bonchev–Trinajstić information content (AvgIpc) is 3.05. The maximum absolute atomic E-state index is 13.6. The van der Waals surface area contributed by atoms with E-state index in [0.717, 1.165) is 6.42 Å². The molecule has 0 aromatic heterocycles. The van der Waals surface area contributed by atoms with Crippen molar-refractivity contribution in [2.24, 2.45) is 23.1 Å². The first-order chi connectivity index (χ1) is 23.6. The fourth-order valence-corrected chi connectivity index (χ4v) is 4.75. The van der Waals surface area contributed by atoms with Gasteiger partial charge in [-0.15, -0.1) is 0 Å². The second kappa shape index (κ2) is 22.8. The first kappa shape index (κ1) is 43.3. The van der Waals surface area contributed by atoms with Gasteiger partial charge in [0.1, 0.15) is 36.0 Å². The number of primary amides is 1. The first-order valence-electron chi connectivity index (χ1n) is 16.8. The van der Waals surface area contributed by atoms with Gasteiger partial charge in [-0.05, 0) is 75.7 Å². The molecule has 1 aromatic carbocycles. The smallest absolute Gasteiger partial charge is 0.325 e. The number of amides is 6. The van der Waals surface area contributed by atoms with Gasteiger partial charge < -0.3 is 54.0 Å². The number of phenols is 1. The van der Waals surface area contributed by atoms with Crippen molar-refractivity contribution >= 4 is 41.4 Å². The summed E-state index contributed by atoms with van der Waals surface area (Å²) in [6.45, 7) is 5.63. The van der Waals surface area contributed by atoms with Crippen LogP contribution in [0.15, 0.2) is 24.3 Å². The van der Waals surface area contributed by atoms with Crippen molar-refractivity contribution < 1.29 is 43.8 Å². The molecule has 0 spiro atoms. The van der Waals surface area contributed by atoms with Crippen LogP contribution in [0.25, 0.3) is 0 Å². The lowest BCUT2D eigenvalue weighted by Gasteiger charge is -2.26. The molecule has 50 heavy (non-hydrogen) atoms. The van der Waals surface area contributed by atoms with Crippen LogP contribution >= 0.6 is 0 Å². The van der Waals surface area contributed by atoms with Crippen molar-refractivity contribution in [1.29, 1.82) is 0 Å². The van der Waals surface area contributed by atoms with Gasteiger partial charge in [0.15, 0.2) is 0 Å². The van der Waals surface area contributed by atoms with Gasteiger partial charge >= 0.3 is 5.97 Å². The van der Waals surface area contributed by atoms with Gasteiger partial charge in [0.2, 0.25) is 35.4 Å². The van der Waals surface area contributed by atoms with E-state index in [-0.39, 0.29) is 49.8 Å². The molecule has 0 aliphatic heterocycles. The number of carbonyl (C=O) groups excluding carboxylic acids is 6. The van der Waals surface area contributed by atoms with Crippen LogP contribution in [0.3, 0.4) is 0 Å². The maximum Gasteiger partial charge on any atom is 0.325 e. The van der Waals surface area contributed by atoms with E-state index >= 15 is 0 Å². The van der Waals surface area contributed by atoms with Gasteiger partial charge in [-0.2, -0.15) is 0 Å². The van der Waals surface area contributed by atoms with Gasteiger partial charge in [0.05, 0.1) is 6.42 Å². The third kappa shape index (κ3) is 16.6. The number of hydrogen-bond donors (Lipinski definition) is 10. The van der Waals surface area contributed by atoms with Crippen LogP contribution in [0.1, 0.15) is 77.7 Å². The molecule has 0 radical (unpaired) electrons. The molecule has 17 heteroatoms. The molecule has 17 nitrogen and oxygen atoms in total. The molecule has 13 N–H and O–H groups in total. The summed E-state index contributed by atoms with van der Waals surface area (Å²) in [4.78, 5) is 89.6. The van der Waals surface area contributed by atoms with Crippen molar-refractivity contribution in [2.75, 3.05) is 13.1 Å². The number of carboxylic acids is 1. The Hall–Kier alpha value is -4.77. The van der Waals surface area contributed by atoms with Crippen LogP contribution in [-0.2, 0) is 40.0 Å². The highest BCUT2D eigenvalue weighted by molar-refractivity contribution is 5.97. The number of phenolic OH excluding ortho intramolecular Hbond substituents is 1. The van der Waals surface area contributed by atoms with E-state index in [9.17, 15) is 43.8 Å². The fourth-order valence-electron chi connectivity index (χ4n) is 4.75. The van der Waals surface area contributed by atoms with E-state index in [1.165, 1.54) is 31.2 Å². The number of aromatic hydroxyl groups is 1. The Morgan fingerprint density at radius 2 is 1.18 bits per heavy atom. The topological polar surface area (TPSA) is 298 Å². The number of rotatable bonds is 24. The lowest BCUT2D eigenvalue weighted by molar-refractivity contribution is -0.142. The quantitative estimate of drug-likeness (QED) is 0.0560. The predicted molar refractivity (Wildman–Crippen MR) is 184 cm³/mol. The average molecular weight is 707 g/mol. The molecule has 0 heterocycles. The van der Waals surface area contributed by atoms with Crippen LogP contribution in [0.4, 0.5) is 0 Å². The van der Waals surface area contributed by atoms with Crippen molar-refractivity contribution in [3.63, 3.8) is 0 Å². The molecule has 0 aliphatic carbocycles. The highest BCUT2D eigenvalue weighted by Gasteiger charge is 2.33. The predicted octanol–water partition coefficient (Wildman–Crippen LogP) is -1.36. The minimum Gasteiger partial charge on any atom is -0.508 e. The van der Waals surface area contributed by atoms with Crippen LogP contribution in [0.2, 0.25) is 0 Å². The standard InChI is InChI=1S/C33H54N8O9/c1-4-19(2)16-28(44)38-23(8-5-6-14-34)29(45)39-24(9-7-15-35)30(46)41-26(18-27(36)43)32(48)40-25(31(47)37-20(3)33(49)50)17-21-10-12-22(42)13-11-21/h10-13,19-20,23-26,42H,4-9,14-18,34-35H2,1-3H3,(H2,36,43)(H,37,47)(H,38,44)(H,39,45)(H,40,48)(H,41,46)(H,49,50)/t19-,20-,23-,24-,25-,26-/m0/s1. The van der Waals surface area contributed by atoms with E-state index < -0.39 is 72.1 Å². The Balaban J connectivity index is 3.26. The summed E-state index contributed by atoms with van der Waals surface area (Å²) < 4.78 is 0. The van der Waals surface area contributed by atoms with E-state index in [2.05, 4.69) is 26.6 Å². The van der Waals surface area contributed by atoms with Crippen molar-refractivity contribution in [1.82, 2.24) is 26.6 Å². The zero-order valence-corrected chi connectivity index (χ0v) is 29.0. The Morgan fingerprint density at radius 1 is 0.680 bits per heavy atom. The number of hydrogen-bond acceptors (Lipinski definition) is 10. The van der Waals surface area contributed by atoms with Gasteiger partial charge in [0.25, 0.3) is 0 Å². The number of nitrogens with one attached hydrogen (secondary N) is 5. The fraction of sp³-hybridized carbons (Fsp3) is 0.606. The first-order valence-corrected chi connectivity index (χ1v) is 16.8. The van der Waals surface area contributed by atoms with Crippen molar-refractivity contribution in [3.05, 3.63) is 29.8 Å². The van der Waals surface area contributed by atoms with Crippen molar-refractivity contribution in [2.45, 2.75) is 109 Å². The second-order valence-electron chi connectivity index (χ2n) is 12.3. The number of carboxylic acid groups (broad SMARTS) is 1. The maximum atomic E-state index is 13.6. The highest BCUT2D eigenvalue weighted by atomic mass is 16.4. The summed E-state index contributed by atoms with van der Waals surface area (Å²) in [5.41, 5.74) is 17.2. The number of carbonyl (C=O) groups is 7. The molecule has 6 amide bonds. The Morgan fingerprint density at radius 3 is 1.72 bits per heavy atom. The lowest BCUT2D eigenvalue weighted by Crippen LogP contribution is -2.59. The molecular weight excluding hydrogens is 652 g/mol. The molecule has 0 fully saturated rings. The van der Waals surface area contributed by atoms with Gasteiger partial charge in [0, 0.05) is 12.8 Å². The summed E-state index contributed by atoms with van der Waals surface area (Å²) >= 11 is 0. The number of aliphatic carboxylic acids is 1. The molecule has 0 saturated heterocycles. The normalized spacial score (nSPS) is 14.5. The molecule has 6 atom stereocenters. The summed E-state index contributed by atoms with van der Waals surface area (Å²) in [5.74, 6) is -5.90. The van der Waals surface area contributed by atoms with Crippen LogP contribution in [0.5, 0.6) is 5.75 Å². The molecule has 0 saturated carbocycles. The summed E-state index contributed by atoms with van der Waals surface area (Å²) in [6.07, 6.45) is 1.89. The summed E-state index contributed by atoms with van der Waals surface area (Å²) in [5, 5.41) is 31.4. The third-order valence-electron chi connectivity index (χ3n) is 7.94. The van der Waals surface area contributed by atoms with Crippen molar-refractivity contribution in [3.8, 4) is 5.75 Å². The molecule has 1 rings (SSSR count). The minimum absolute atomic E-state index is 0.0471. The molecule has 0 unspecified atom stereocenters. The Kier molecular flexibility index (Phi) is 19.7. The number of unbranched alkanes of at least 4 members (excludes halogenated alkanes) is 1. The SMILES string of the molecule is CC[C@H](C)CC(=O)N[C@@H](CCCCN)C(=O)N[C@@H](CCCN)C(=O)N[C@@H](CC(N)=O)C(=O)N[C@@H](Cc1ccc(O)cc1)C(=O)N[C@@H](C)C(=O)O. The van der Waals surface area contributed by atoms with E-state index in [1.54, 1.807) is 0 Å². The molecular formula is C33H54N8O9. The van der Waals surface area contributed by atoms with Gasteiger partial charge in [-0.3, -0.25) is 33.6 Å². The third-order valence-corrected chi connectivity index (χ3v) is 7.94. The zero-order valence-electron chi connectivity index (χ0n) is 29.0. The molecule has 1 aromatic rings. The molecule has 0 aliphatic rings. The van der Waals surface area contributed by atoms with Gasteiger partial charge in [-0.1, -0.05) is 32.4 Å². The highest BCUT2D eigenvalue weighted by Crippen LogP contribution is 2.13. The second-order valence-corrected chi connectivity index (χ2v) is 12.3. The van der Waals surface area contributed by atoms with E-state index in [1.807, 2.05) is 13.8 Å². The Labute approximate surface area is 292 Å². The monoisotopic (exact) mass is 706 g/mol. The van der Waals surface area contributed by atoms with E-state index in [0.29, 0.717) is 31.4 Å². The van der Waals surface area contributed by atoms with Crippen LogP contribution in [-0.4, -0.2) is 94.9 Å². The summed E-state index contributed by atoms with van der Waals surface area (Å²) in [7, 11) is 0.